The van der Waals surface area contributed by atoms with Gasteiger partial charge in [0.25, 0.3) is 11.6 Å². The summed E-state index contributed by atoms with van der Waals surface area (Å²) < 4.78 is 11.9. The molecule has 0 saturated carbocycles. The van der Waals surface area contributed by atoms with Gasteiger partial charge in [0.1, 0.15) is 15.8 Å². The van der Waals surface area contributed by atoms with Gasteiger partial charge in [-0.1, -0.05) is 35.6 Å². The van der Waals surface area contributed by atoms with Gasteiger partial charge in [-0.25, -0.2) is 0 Å². The SMILES string of the molecule is CCN1C(=O)/C(=C\c2cc([N+](=O)[O-])ccc2OCCCOc2ccc(Cl)cc2)SC1=S. The molecule has 31 heavy (non-hydrogen) atoms. The minimum Gasteiger partial charge on any atom is -0.493 e. The fourth-order valence-corrected chi connectivity index (χ4v) is 4.27. The van der Waals surface area contributed by atoms with Gasteiger partial charge in [0.05, 0.1) is 23.0 Å². The molecular weight excluding hydrogens is 460 g/mol. The van der Waals surface area contributed by atoms with Gasteiger partial charge in [-0.15, -0.1) is 0 Å². The minimum absolute atomic E-state index is 0.0874. The van der Waals surface area contributed by atoms with Crippen molar-refractivity contribution in [1.29, 1.82) is 0 Å². The smallest absolute Gasteiger partial charge is 0.270 e. The van der Waals surface area contributed by atoms with Crippen molar-refractivity contribution in [3.8, 4) is 11.5 Å². The Balaban J connectivity index is 1.68. The number of ether oxygens (including phenoxy) is 2. The Bertz CT molecular complexity index is 1030. The predicted molar refractivity (Wildman–Crippen MR) is 126 cm³/mol. The second-order valence-electron chi connectivity index (χ2n) is 6.41. The topological polar surface area (TPSA) is 81.9 Å². The highest BCUT2D eigenvalue weighted by Gasteiger charge is 2.31. The summed E-state index contributed by atoms with van der Waals surface area (Å²) in [5.74, 6) is 0.934. The first-order valence-corrected chi connectivity index (χ1v) is 11.0. The van der Waals surface area contributed by atoms with Crippen molar-refractivity contribution in [3.63, 3.8) is 0 Å². The van der Waals surface area contributed by atoms with Crippen LogP contribution in [0.25, 0.3) is 6.08 Å². The van der Waals surface area contributed by atoms with E-state index in [-0.39, 0.29) is 11.6 Å². The summed E-state index contributed by atoms with van der Waals surface area (Å²) in [5, 5.41) is 11.8. The average Bonchev–Trinajstić information content (AvgIpc) is 3.02. The molecule has 0 aromatic heterocycles. The number of nitro groups is 1. The van der Waals surface area contributed by atoms with Crippen LogP contribution in [0.1, 0.15) is 18.9 Å². The molecule has 1 saturated heterocycles. The molecule has 0 spiro atoms. The van der Waals surface area contributed by atoms with Gasteiger partial charge in [0.2, 0.25) is 0 Å². The van der Waals surface area contributed by atoms with Gasteiger partial charge in [-0.3, -0.25) is 19.8 Å². The van der Waals surface area contributed by atoms with Crippen LogP contribution in [0.5, 0.6) is 11.5 Å². The number of non-ortho nitro benzene ring substituents is 1. The van der Waals surface area contributed by atoms with Crippen molar-refractivity contribution in [3.05, 3.63) is 68.1 Å². The maximum absolute atomic E-state index is 12.5. The number of hydrogen-bond acceptors (Lipinski definition) is 7. The lowest BCUT2D eigenvalue weighted by Crippen LogP contribution is -2.27. The third-order valence-corrected chi connectivity index (χ3v) is 5.94. The molecule has 2 aromatic carbocycles. The van der Waals surface area contributed by atoms with Crippen LogP contribution in [0.3, 0.4) is 0 Å². The van der Waals surface area contributed by atoms with E-state index in [2.05, 4.69) is 0 Å². The van der Waals surface area contributed by atoms with Crippen LogP contribution in [0.2, 0.25) is 5.02 Å². The van der Waals surface area contributed by atoms with E-state index in [0.29, 0.717) is 57.5 Å². The lowest BCUT2D eigenvalue weighted by atomic mass is 10.1. The van der Waals surface area contributed by atoms with Crippen molar-refractivity contribution in [2.75, 3.05) is 19.8 Å². The van der Waals surface area contributed by atoms with Crippen molar-refractivity contribution < 1.29 is 19.2 Å². The second kappa shape index (κ2) is 10.6. The van der Waals surface area contributed by atoms with Crippen LogP contribution in [0, 0.1) is 10.1 Å². The minimum atomic E-state index is -0.488. The van der Waals surface area contributed by atoms with E-state index in [9.17, 15) is 14.9 Å². The van der Waals surface area contributed by atoms with Crippen LogP contribution in [-0.4, -0.2) is 39.8 Å². The molecule has 0 radical (unpaired) electrons. The number of halogens is 1. The number of carbonyl (C=O) groups excluding carboxylic acids is 1. The zero-order chi connectivity index (χ0) is 22.4. The van der Waals surface area contributed by atoms with E-state index in [4.69, 9.17) is 33.3 Å². The third-order valence-electron chi connectivity index (χ3n) is 4.31. The van der Waals surface area contributed by atoms with Gasteiger partial charge in [0.15, 0.2) is 0 Å². The summed E-state index contributed by atoms with van der Waals surface area (Å²) in [6, 6.07) is 11.3. The van der Waals surface area contributed by atoms with Crippen molar-refractivity contribution in [1.82, 2.24) is 4.90 Å². The highest BCUT2D eigenvalue weighted by atomic mass is 35.5. The molecule has 2 aromatic rings. The summed E-state index contributed by atoms with van der Waals surface area (Å²) in [7, 11) is 0. The van der Waals surface area contributed by atoms with Crippen LogP contribution < -0.4 is 9.47 Å². The number of benzene rings is 2. The average molecular weight is 479 g/mol. The Morgan fingerprint density at radius 2 is 1.90 bits per heavy atom. The van der Waals surface area contributed by atoms with Gasteiger partial charge >= 0.3 is 0 Å². The van der Waals surface area contributed by atoms with Gasteiger partial charge < -0.3 is 9.47 Å². The molecule has 1 fully saturated rings. The van der Waals surface area contributed by atoms with Gasteiger partial charge in [-0.2, -0.15) is 0 Å². The lowest BCUT2D eigenvalue weighted by Gasteiger charge is -2.11. The molecule has 1 heterocycles. The Labute approximate surface area is 194 Å². The second-order valence-corrected chi connectivity index (χ2v) is 8.52. The molecule has 0 atom stereocenters. The maximum atomic E-state index is 12.5. The first-order chi connectivity index (χ1) is 14.9. The number of nitro benzene ring substituents is 1. The zero-order valence-corrected chi connectivity index (χ0v) is 19.0. The van der Waals surface area contributed by atoms with Crippen LogP contribution in [-0.2, 0) is 4.79 Å². The summed E-state index contributed by atoms with van der Waals surface area (Å²) in [6.45, 7) is 3.07. The van der Waals surface area contributed by atoms with Crippen molar-refractivity contribution >= 4 is 57.6 Å². The molecule has 10 heteroatoms. The Hall–Kier alpha value is -2.62. The number of likely N-dealkylation sites (N-methyl/N-ethyl adjacent to an activating group) is 1. The molecular formula is C21H19ClN2O5S2. The monoisotopic (exact) mass is 478 g/mol. The highest BCUT2D eigenvalue weighted by molar-refractivity contribution is 8.26. The van der Waals surface area contributed by atoms with E-state index in [1.165, 1.54) is 34.9 Å². The Morgan fingerprint density at radius 3 is 2.55 bits per heavy atom. The first kappa shape index (κ1) is 23.1. The summed E-state index contributed by atoms with van der Waals surface area (Å²) in [6.07, 6.45) is 2.18. The summed E-state index contributed by atoms with van der Waals surface area (Å²) in [5.41, 5.74) is 0.361. The Kier molecular flexibility index (Phi) is 7.89. The number of carbonyl (C=O) groups is 1. The molecule has 0 aliphatic carbocycles. The van der Waals surface area contributed by atoms with Gasteiger partial charge in [0, 0.05) is 35.7 Å². The van der Waals surface area contributed by atoms with Crippen LogP contribution >= 0.6 is 35.6 Å². The van der Waals surface area contributed by atoms with Crippen molar-refractivity contribution in [2.45, 2.75) is 13.3 Å². The number of amides is 1. The molecule has 1 aliphatic rings. The molecule has 0 bridgehead atoms. The van der Waals surface area contributed by atoms with E-state index < -0.39 is 4.92 Å². The number of rotatable bonds is 9. The van der Waals surface area contributed by atoms with E-state index in [1.807, 2.05) is 6.92 Å². The number of nitrogens with zero attached hydrogens (tertiary/aromatic N) is 2. The molecule has 1 amide bonds. The molecule has 3 rings (SSSR count). The molecule has 1 aliphatic heterocycles. The maximum Gasteiger partial charge on any atom is 0.270 e. The van der Waals surface area contributed by atoms with Gasteiger partial charge in [-0.05, 0) is 43.3 Å². The quantitative estimate of drug-likeness (QED) is 0.159. The van der Waals surface area contributed by atoms with Crippen LogP contribution in [0.15, 0.2) is 47.4 Å². The fraction of sp³-hybridized carbons (Fsp3) is 0.238. The predicted octanol–water partition coefficient (Wildman–Crippen LogP) is 5.32. The largest absolute Gasteiger partial charge is 0.493 e. The molecule has 7 nitrogen and oxygen atoms in total. The number of thioether (sulfide) groups is 1. The van der Waals surface area contributed by atoms with Crippen molar-refractivity contribution in [2.24, 2.45) is 0 Å². The van der Waals surface area contributed by atoms with E-state index in [0.717, 1.165) is 0 Å². The first-order valence-electron chi connectivity index (χ1n) is 9.44. The number of thiocarbonyl (C=S) groups is 1. The van der Waals surface area contributed by atoms with E-state index in [1.54, 1.807) is 30.3 Å². The molecule has 162 valence electrons. The standard InChI is InChI=1S/C21H19ClN2O5S2/c1-2-23-20(25)19(31-21(23)30)13-14-12-16(24(26)27)6-9-18(14)29-11-3-10-28-17-7-4-15(22)5-8-17/h4-9,12-13H,2-3,10-11H2,1H3/b19-13+. The zero-order valence-electron chi connectivity index (χ0n) is 16.6. The fourth-order valence-electron chi connectivity index (χ4n) is 2.77. The molecule has 0 unspecified atom stereocenters. The normalized spacial score (nSPS) is 14.9. The third kappa shape index (κ3) is 5.96. The Morgan fingerprint density at radius 1 is 1.19 bits per heavy atom. The molecule has 0 N–H and O–H groups in total. The van der Waals surface area contributed by atoms with E-state index >= 15 is 0 Å². The highest BCUT2D eigenvalue weighted by Crippen LogP contribution is 2.35. The summed E-state index contributed by atoms with van der Waals surface area (Å²) in [4.78, 5) is 25.1. The lowest BCUT2D eigenvalue weighted by molar-refractivity contribution is -0.384. The summed E-state index contributed by atoms with van der Waals surface area (Å²) >= 11 is 12.2. The van der Waals surface area contributed by atoms with Crippen LogP contribution in [0.4, 0.5) is 5.69 Å². The number of hydrogen-bond donors (Lipinski definition) is 0.